The highest BCUT2D eigenvalue weighted by Gasteiger charge is 2.17. The lowest BCUT2D eigenvalue weighted by Crippen LogP contribution is -2.15. The highest BCUT2D eigenvalue weighted by Crippen LogP contribution is 2.23. The van der Waals surface area contributed by atoms with Crippen molar-refractivity contribution < 1.29 is 14.3 Å². The first-order valence-electron chi connectivity index (χ1n) is 10.2. The number of rotatable bonds is 5. The molecule has 4 rings (SSSR count). The fourth-order valence-corrected chi connectivity index (χ4v) is 3.78. The number of carbonyl (C=O) groups is 2. The van der Waals surface area contributed by atoms with Gasteiger partial charge in [0.15, 0.2) is 6.61 Å². The van der Waals surface area contributed by atoms with Crippen molar-refractivity contribution in [2.75, 3.05) is 6.61 Å². The summed E-state index contributed by atoms with van der Waals surface area (Å²) in [6.45, 7) is 7.49. The van der Waals surface area contributed by atoms with Gasteiger partial charge >= 0.3 is 5.97 Å². The van der Waals surface area contributed by atoms with Crippen LogP contribution in [0.4, 0.5) is 0 Å². The number of aryl methyl sites for hydroxylation is 4. The van der Waals surface area contributed by atoms with Gasteiger partial charge in [-0.05, 0) is 80.8 Å². The lowest BCUT2D eigenvalue weighted by molar-refractivity contribution is 0.0474. The molecule has 0 fully saturated rings. The summed E-state index contributed by atoms with van der Waals surface area (Å²) in [4.78, 5) is 29.8. The van der Waals surface area contributed by atoms with Crippen LogP contribution in [0.1, 0.15) is 43.2 Å². The third-order valence-corrected chi connectivity index (χ3v) is 5.55. The monoisotopic (exact) mass is 412 g/mol. The predicted octanol–water partition coefficient (Wildman–Crippen LogP) is 5.30. The number of aromatic nitrogens is 2. The highest BCUT2D eigenvalue weighted by molar-refractivity contribution is 6.01. The molecule has 0 aliphatic carbocycles. The number of nitrogens with zero attached hydrogens (tertiary/aromatic N) is 2. The average Bonchev–Trinajstić information content (AvgIpc) is 3.09. The minimum Gasteiger partial charge on any atom is -0.454 e. The molecule has 4 aromatic rings. The second-order valence-corrected chi connectivity index (χ2v) is 7.78. The summed E-state index contributed by atoms with van der Waals surface area (Å²) in [5.74, 6) is 0.0787. The van der Waals surface area contributed by atoms with E-state index >= 15 is 0 Å². The maximum atomic E-state index is 12.6. The lowest BCUT2D eigenvalue weighted by Gasteiger charge is -2.10. The maximum Gasteiger partial charge on any atom is 0.338 e. The summed E-state index contributed by atoms with van der Waals surface area (Å²) < 4.78 is 7.36. The molecule has 0 spiro atoms. The molecule has 5 heteroatoms. The summed E-state index contributed by atoms with van der Waals surface area (Å²) in [6.07, 6.45) is 0. The SMILES string of the molecule is Cc1cc(C)c(C(=O)COC(=O)c2ccc3c(c2)nc(C)n3-c2ccccc2)cc1C. The second kappa shape index (κ2) is 8.19. The smallest absolute Gasteiger partial charge is 0.338 e. The Bertz CT molecular complexity index is 1300. The molecule has 0 radical (unpaired) electrons. The summed E-state index contributed by atoms with van der Waals surface area (Å²) in [5, 5.41) is 0. The zero-order valence-corrected chi connectivity index (χ0v) is 18.1. The number of esters is 1. The number of Topliss-reactive ketones (excluding diaryl/α,β-unsaturated/α-hetero) is 1. The van der Waals surface area contributed by atoms with Gasteiger partial charge in [0.05, 0.1) is 16.6 Å². The van der Waals surface area contributed by atoms with Crippen LogP contribution in [-0.4, -0.2) is 27.9 Å². The van der Waals surface area contributed by atoms with E-state index in [4.69, 9.17) is 4.74 Å². The quantitative estimate of drug-likeness (QED) is 0.330. The van der Waals surface area contributed by atoms with Gasteiger partial charge in [0, 0.05) is 11.3 Å². The Morgan fingerprint density at radius 2 is 1.58 bits per heavy atom. The fraction of sp³-hybridized carbons (Fsp3) is 0.192. The third kappa shape index (κ3) is 3.99. The van der Waals surface area contributed by atoms with E-state index in [1.807, 2.05) is 80.8 Å². The molecular weight excluding hydrogens is 388 g/mol. The summed E-state index contributed by atoms with van der Waals surface area (Å²) in [7, 11) is 0. The molecule has 0 saturated heterocycles. The van der Waals surface area contributed by atoms with Crippen molar-refractivity contribution in [1.29, 1.82) is 0 Å². The number of benzene rings is 3. The van der Waals surface area contributed by atoms with Crippen LogP contribution in [0.2, 0.25) is 0 Å². The van der Waals surface area contributed by atoms with E-state index in [0.717, 1.165) is 33.7 Å². The van der Waals surface area contributed by atoms with E-state index in [9.17, 15) is 9.59 Å². The summed E-state index contributed by atoms with van der Waals surface area (Å²) in [5.41, 5.74) is 6.62. The Morgan fingerprint density at radius 3 is 2.32 bits per heavy atom. The number of ether oxygens (including phenoxy) is 1. The number of ketones is 1. The Morgan fingerprint density at radius 1 is 0.871 bits per heavy atom. The average molecular weight is 412 g/mol. The zero-order chi connectivity index (χ0) is 22.1. The van der Waals surface area contributed by atoms with E-state index in [1.165, 1.54) is 0 Å². The molecule has 0 unspecified atom stereocenters. The normalized spacial score (nSPS) is 11.0. The van der Waals surface area contributed by atoms with Gasteiger partial charge in [0.1, 0.15) is 5.82 Å². The van der Waals surface area contributed by atoms with Crippen LogP contribution in [0.15, 0.2) is 60.7 Å². The Labute approximate surface area is 181 Å². The summed E-state index contributed by atoms with van der Waals surface area (Å²) in [6, 6.07) is 19.0. The molecule has 3 aromatic carbocycles. The first kappa shape index (κ1) is 20.5. The van der Waals surface area contributed by atoms with Crippen LogP contribution in [0.25, 0.3) is 16.7 Å². The molecule has 31 heavy (non-hydrogen) atoms. The summed E-state index contributed by atoms with van der Waals surface area (Å²) >= 11 is 0. The number of para-hydroxylation sites is 1. The maximum absolute atomic E-state index is 12.6. The van der Waals surface area contributed by atoms with Gasteiger partial charge in [0.2, 0.25) is 5.78 Å². The van der Waals surface area contributed by atoms with Crippen molar-refractivity contribution in [3.8, 4) is 5.69 Å². The Hall–Kier alpha value is -3.73. The van der Waals surface area contributed by atoms with Crippen LogP contribution in [-0.2, 0) is 4.74 Å². The number of hydrogen-bond donors (Lipinski definition) is 0. The molecule has 0 bridgehead atoms. The first-order valence-corrected chi connectivity index (χ1v) is 10.2. The van der Waals surface area contributed by atoms with Gasteiger partial charge in [-0.15, -0.1) is 0 Å². The van der Waals surface area contributed by atoms with Crippen LogP contribution in [0.5, 0.6) is 0 Å². The van der Waals surface area contributed by atoms with Crippen molar-refractivity contribution in [3.05, 3.63) is 94.3 Å². The molecule has 0 saturated carbocycles. The number of fused-ring (bicyclic) bond motifs is 1. The minimum atomic E-state index is -0.538. The molecule has 0 N–H and O–H groups in total. The van der Waals surface area contributed by atoms with Gasteiger partial charge in [-0.3, -0.25) is 9.36 Å². The molecule has 0 aliphatic rings. The fourth-order valence-electron chi connectivity index (χ4n) is 3.78. The van der Waals surface area contributed by atoms with Crippen molar-refractivity contribution in [3.63, 3.8) is 0 Å². The molecule has 0 aliphatic heterocycles. The van der Waals surface area contributed by atoms with Gasteiger partial charge in [0.25, 0.3) is 0 Å². The zero-order valence-electron chi connectivity index (χ0n) is 18.1. The van der Waals surface area contributed by atoms with Crippen molar-refractivity contribution in [2.45, 2.75) is 27.7 Å². The predicted molar refractivity (Wildman–Crippen MR) is 121 cm³/mol. The standard InChI is InChI=1S/C26H24N2O3/c1-16-12-18(3)22(13-17(16)2)25(29)15-31-26(30)20-10-11-24-23(14-20)27-19(4)28(24)21-8-6-5-7-9-21/h5-14H,15H2,1-4H3. The van der Waals surface area contributed by atoms with Crippen molar-refractivity contribution in [2.24, 2.45) is 0 Å². The van der Waals surface area contributed by atoms with E-state index in [1.54, 1.807) is 12.1 Å². The van der Waals surface area contributed by atoms with Crippen LogP contribution in [0.3, 0.4) is 0 Å². The first-order chi connectivity index (χ1) is 14.8. The molecule has 0 amide bonds. The van der Waals surface area contributed by atoms with Crippen molar-refractivity contribution in [1.82, 2.24) is 9.55 Å². The van der Waals surface area contributed by atoms with Gasteiger partial charge in [-0.2, -0.15) is 0 Å². The second-order valence-electron chi connectivity index (χ2n) is 7.78. The Balaban J connectivity index is 1.54. The molecule has 0 atom stereocenters. The number of carbonyl (C=O) groups excluding carboxylic acids is 2. The molecule has 1 aromatic heterocycles. The van der Waals surface area contributed by atoms with Crippen LogP contribution in [0, 0.1) is 27.7 Å². The van der Waals surface area contributed by atoms with Crippen molar-refractivity contribution >= 4 is 22.8 Å². The van der Waals surface area contributed by atoms with Gasteiger partial charge in [-0.25, -0.2) is 9.78 Å². The largest absolute Gasteiger partial charge is 0.454 e. The Kier molecular flexibility index (Phi) is 5.42. The molecule has 1 heterocycles. The van der Waals surface area contributed by atoms with E-state index in [-0.39, 0.29) is 12.4 Å². The number of imidazole rings is 1. The molecule has 156 valence electrons. The van der Waals surface area contributed by atoms with Gasteiger partial charge in [-0.1, -0.05) is 24.3 Å². The lowest BCUT2D eigenvalue weighted by atomic mass is 9.98. The third-order valence-electron chi connectivity index (χ3n) is 5.55. The highest BCUT2D eigenvalue weighted by atomic mass is 16.5. The van der Waals surface area contributed by atoms with Gasteiger partial charge < -0.3 is 4.74 Å². The van der Waals surface area contributed by atoms with E-state index in [0.29, 0.717) is 16.6 Å². The topological polar surface area (TPSA) is 61.2 Å². The minimum absolute atomic E-state index is 0.209. The van der Waals surface area contributed by atoms with E-state index in [2.05, 4.69) is 4.98 Å². The van der Waals surface area contributed by atoms with E-state index < -0.39 is 5.97 Å². The number of hydrogen-bond acceptors (Lipinski definition) is 4. The molecule has 5 nitrogen and oxygen atoms in total. The van der Waals surface area contributed by atoms with Crippen LogP contribution >= 0.6 is 0 Å². The van der Waals surface area contributed by atoms with Crippen LogP contribution < -0.4 is 0 Å². The molecular formula is C26H24N2O3.